The van der Waals surface area contributed by atoms with E-state index in [1.54, 1.807) is 0 Å². The molecule has 1 atom stereocenters. The average Bonchev–Trinajstić information content (AvgIpc) is 3.16. The number of hydrogen-bond acceptors (Lipinski definition) is 5. The maximum Gasteiger partial charge on any atom is 0.307 e. The maximum absolute atomic E-state index is 13.2. The van der Waals surface area contributed by atoms with E-state index in [0.29, 0.717) is 0 Å². The van der Waals surface area contributed by atoms with Crippen LogP contribution in [-0.4, -0.2) is 58.4 Å². The van der Waals surface area contributed by atoms with E-state index >= 15 is 0 Å². The predicted octanol–water partition coefficient (Wildman–Crippen LogP) is 1.99. The van der Waals surface area contributed by atoms with Crippen molar-refractivity contribution in [1.29, 1.82) is 0 Å². The molecular formula is C20H27N3O3. The van der Waals surface area contributed by atoms with E-state index in [1.807, 2.05) is 29.4 Å². The van der Waals surface area contributed by atoms with Crippen LogP contribution >= 0.6 is 0 Å². The predicted molar refractivity (Wildman–Crippen MR) is 96.1 cm³/mol. The first-order valence-corrected chi connectivity index (χ1v) is 9.78. The van der Waals surface area contributed by atoms with Crippen molar-refractivity contribution in [3.8, 4) is 0 Å². The highest BCUT2D eigenvalue weighted by atomic mass is 16.6. The third-order valence-corrected chi connectivity index (χ3v) is 6.13. The van der Waals surface area contributed by atoms with Crippen molar-refractivity contribution in [2.75, 3.05) is 26.2 Å². The Hall–Kier alpha value is -1.95. The van der Waals surface area contributed by atoms with Crippen molar-refractivity contribution in [2.24, 2.45) is 5.92 Å². The fraction of sp³-hybridized carbons (Fsp3) is 0.650. The third kappa shape index (κ3) is 3.47. The number of aromatic nitrogens is 1. The van der Waals surface area contributed by atoms with E-state index in [9.17, 15) is 9.59 Å². The lowest BCUT2D eigenvalue weighted by Crippen LogP contribution is -2.46. The molecular weight excluding hydrogens is 330 g/mol. The smallest absolute Gasteiger partial charge is 0.307 e. The number of rotatable bonds is 3. The number of pyridine rings is 1. The van der Waals surface area contributed by atoms with E-state index in [-0.39, 0.29) is 24.2 Å². The zero-order chi connectivity index (χ0) is 18.0. The fourth-order valence-electron chi connectivity index (χ4n) is 4.74. The summed E-state index contributed by atoms with van der Waals surface area (Å²) >= 11 is 0. The Morgan fingerprint density at radius 3 is 2.65 bits per heavy atom. The largest absolute Gasteiger partial charge is 0.458 e. The second-order valence-corrected chi connectivity index (χ2v) is 7.81. The topological polar surface area (TPSA) is 62.7 Å². The molecule has 26 heavy (non-hydrogen) atoms. The molecule has 0 bridgehead atoms. The van der Waals surface area contributed by atoms with Crippen molar-refractivity contribution in [2.45, 2.75) is 50.7 Å². The molecule has 1 saturated carbocycles. The summed E-state index contributed by atoms with van der Waals surface area (Å²) in [5, 5.41) is 0. The summed E-state index contributed by atoms with van der Waals surface area (Å²) in [6, 6.07) is 4.08. The Bertz CT molecular complexity index is 658. The standard InChI is InChI=1S/C20H27N3O3/c24-18-14-17(20(26-18)6-1-2-7-20)19(25)23-11-3-10-22(12-13-23)15-16-4-8-21-9-5-16/h4-5,8-9,17H,1-3,6-7,10-15H2/t17-/m0/s1. The zero-order valence-electron chi connectivity index (χ0n) is 15.2. The van der Waals surface area contributed by atoms with E-state index in [4.69, 9.17) is 4.74 Å². The molecule has 1 amide bonds. The van der Waals surface area contributed by atoms with Crippen molar-refractivity contribution in [1.82, 2.24) is 14.8 Å². The summed E-state index contributed by atoms with van der Waals surface area (Å²) in [4.78, 5) is 33.5. The summed E-state index contributed by atoms with van der Waals surface area (Å²) < 4.78 is 5.66. The van der Waals surface area contributed by atoms with E-state index in [0.717, 1.165) is 64.8 Å². The Balaban J connectivity index is 1.39. The second-order valence-electron chi connectivity index (χ2n) is 7.81. The molecule has 6 heteroatoms. The normalized spacial score (nSPS) is 26.1. The quantitative estimate of drug-likeness (QED) is 0.774. The lowest BCUT2D eigenvalue weighted by atomic mass is 9.84. The molecule has 1 spiro atoms. The first kappa shape index (κ1) is 17.5. The molecule has 1 aromatic rings. The van der Waals surface area contributed by atoms with Gasteiger partial charge in [-0.15, -0.1) is 0 Å². The number of carbonyl (C=O) groups is 2. The summed E-state index contributed by atoms with van der Waals surface area (Å²) in [5.74, 6) is -0.341. The van der Waals surface area contributed by atoms with Gasteiger partial charge in [-0.2, -0.15) is 0 Å². The number of carbonyl (C=O) groups excluding carboxylic acids is 2. The lowest BCUT2D eigenvalue weighted by Gasteiger charge is -2.32. The highest BCUT2D eigenvalue weighted by molar-refractivity contribution is 5.88. The zero-order valence-corrected chi connectivity index (χ0v) is 15.2. The monoisotopic (exact) mass is 357 g/mol. The van der Waals surface area contributed by atoms with Gasteiger partial charge in [-0.05, 0) is 49.8 Å². The van der Waals surface area contributed by atoms with Crippen LogP contribution in [0.15, 0.2) is 24.5 Å². The molecule has 140 valence electrons. The Kier molecular flexibility index (Phi) is 4.94. The summed E-state index contributed by atoms with van der Waals surface area (Å²) in [7, 11) is 0. The van der Waals surface area contributed by atoms with Crippen molar-refractivity contribution >= 4 is 11.9 Å². The van der Waals surface area contributed by atoms with Crippen LogP contribution in [0.2, 0.25) is 0 Å². The molecule has 2 saturated heterocycles. The van der Waals surface area contributed by atoms with Gasteiger partial charge in [0.1, 0.15) is 5.60 Å². The van der Waals surface area contributed by atoms with Crippen LogP contribution < -0.4 is 0 Å². The molecule has 0 unspecified atom stereocenters. The number of amides is 1. The molecule has 2 aliphatic heterocycles. The van der Waals surface area contributed by atoms with E-state index < -0.39 is 5.60 Å². The molecule has 6 nitrogen and oxygen atoms in total. The summed E-state index contributed by atoms with van der Waals surface area (Å²) in [6.45, 7) is 4.23. The number of esters is 1. The number of nitrogens with zero attached hydrogens (tertiary/aromatic N) is 3. The van der Waals surface area contributed by atoms with Crippen LogP contribution in [0.25, 0.3) is 0 Å². The van der Waals surface area contributed by atoms with Gasteiger partial charge in [-0.25, -0.2) is 0 Å². The van der Waals surface area contributed by atoms with Gasteiger partial charge in [0.25, 0.3) is 0 Å². The Labute approximate surface area is 154 Å². The minimum absolute atomic E-state index is 0.128. The molecule has 3 heterocycles. The van der Waals surface area contributed by atoms with Gasteiger partial charge < -0.3 is 9.64 Å². The van der Waals surface area contributed by atoms with Crippen molar-refractivity contribution in [3.05, 3.63) is 30.1 Å². The van der Waals surface area contributed by atoms with Crippen LogP contribution in [-0.2, 0) is 20.9 Å². The second kappa shape index (κ2) is 7.35. The Morgan fingerprint density at radius 1 is 1.12 bits per heavy atom. The molecule has 0 radical (unpaired) electrons. The number of ether oxygens (including phenoxy) is 1. The molecule has 4 rings (SSSR count). The Morgan fingerprint density at radius 2 is 1.88 bits per heavy atom. The SMILES string of the molecule is O=C1C[C@@H](C(=O)N2CCCN(Cc3ccncc3)CC2)C2(CCCC2)O1. The molecule has 1 aliphatic carbocycles. The van der Waals surface area contributed by atoms with Gasteiger partial charge in [-0.3, -0.25) is 19.5 Å². The van der Waals surface area contributed by atoms with Crippen LogP contribution in [0.4, 0.5) is 0 Å². The van der Waals surface area contributed by atoms with Gasteiger partial charge in [-0.1, -0.05) is 0 Å². The summed E-state index contributed by atoms with van der Waals surface area (Å²) in [6.07, 6.45) is 8.66. The summed E-state index contributed by atoms with van der Waals surface area (Å²) in [5.41, 5.74) is 0.747. The molecule has 1 aromatic heterocycles. The first-order valence-electron chi connectivity index (χ1n) is 9.78. The van der Waals surface area contributed by atoms with Gasteiger partial charge >= 0.3 is 5.97 Å². The van der Waals surface area contributed by atoms with Crippen LogP contribution in [0.1, 0.15) is 44.1 Å². The highest BCUT2D eigenvalue weighted by Gasteiger charge is 2.54. The number of hydrogen-bond donors (Lipinski definition) is 0. The third-order valence-electron chi connectivity index (χ3n) is 6.13. The van der Waals surface area contributed by atoms with Crippen LogP contribution in [0, 0.1) is 5.92 Å². The lowest BCUT2D eigenvalue weighted by molar-refractivity contribution is -0.151. The van der Waals surface area contributed by atoms with Gasteiger partial charge in [0.05, 0.1) is 12.3 Å². The van der Waals surface area contributed by atoms with E-state index in [2.05, 4.69) is 9.88 Å². The van der Waals surface area contributed by atoms with E-state index in [1.165, 1.54) is 5.56 Å². The fourth-order valence-corrected chi connectivity index (χ4v) is 4.74. The van der Waals surface area contributed by atoms with Crippen molar-refractivity contribution in [3.63, 3.8) is 0 Å². The van der Waals surface area contributed by atoms with Gasteiger partial charge in [0.15, 0.2) is 0 Å². The van der Waals surface area contributed by atoms with Gasteiger partial charge in [0.2, 0.25) is 5.91 Å². The average molecular weight is 357 g/mol. The molecule has 0 N–H and O–H groups in total. The highest BCUT2D eigenvalue weighted by Crippen LogP contribution is 2.46. The maximum atomic E-state index is 13.2. The minimum Gasteiger partial charge on any atom is -0.458 e. The van der Waals surface area contributed by atoms with Crippen molar-refractivity contribution < 1.29 is 14.3 Å². The molecule has 3 fully saturated rings. The molecule has 3 aliphatic rings. The van der Waals surface area contributed by atoms with Gasteiger partial charge in [0, 0.05) is 45.1 Å². The molecule has 0 aromatic carbocycles. The van der Waals surface area contributed by atoms with Crippen LogP contribution in [0.5, 0.6) is 0 Å². The minimum atomic E-state index is -0.503. The first-order chi connectivity index (χ1) is 12.7. The van der Waals surface area contributed by atoms with Crippen LogP contribution in [0.3, 0.4) is 0 Å².